The van der Waals surface area contributed by atoms with Gasteiger partial charge in [-0.2, -0.15) is 0 Å². The summed E-state index contributed by atoms with van der Waals surface area (Å²) in [6, 6.07) is 8.52. The molecule has 1 aromatic carbocycles. The smallest absolute Gasteiger partial charge is 0.253 e. The molecule has 0 saturated carbocycles. The summed E-state index contributed by atoms with van der Waals surface area (Å²) in [7, 11) is 0. The Hall–Kier alpha value is -2.18. The topological polar surface area (TPSA) is 78.4 Å². The number of rotatable bonds is 4. The van der Waals surface area contributed by atoms with Gasteiger partial charge in [0.25, 0.3) is 5.91 Å². The van der Waals surface area contributed by atoms with E-state index in [1.165, 1.54) is 0 Å². The van der Waals surface area contributed by atoms with Gasteiger partial charge in [-0.05, 0) is 25.0 Å². The molecule has 0 bridgehead atoms. The third kappa shape index (κ3) is 3.83. The van der Waals surface area contributed by atoms with Gasteiger partial charge in [0.1, 0.15) is 0 Å². The number of nitrogens with zero attached hydrogens (tertiary/aromatic N) is 3. The Morgan fingerprint density at radius 2 is 2.04 bits per heavy atom. The van der Waals surface area contributed by atoms with E-state index in [0.717, 1.165) is 19.4 Å². The molecule has 2 aromatic rings. The molecule has 2 N–H and O–H groups in total. The second kappa shape index (κ2) is 7.59. The summed E-state index contributed by atoms with van der Waals surface area (Å²) in [4.78, 5) is 22.9. The number of nitrogens with one attached hydrogen (secondary N) is 1. The zero-order valence-corrected chi connectivity index (χ0v) is 13.9. The maximum Gasteiger partial charge on any atom is 0.253 e. The maximum absolute atomic E-state index is 12.3. The van der Waals surface area contributed by atoms with Crippen molar-refractivity contribution in [1.82, 2.24) is 15.3 Å². The molecule has 1 aliphatic rings. The third-order valence-corrected chi connectivity index (χ3v) is 4.40. The number of halogens is 1. The van der Waals surface area contributed by atoms with Crippen LogP contribution in [0.5, 0.6) is 0 Å². The first-order chi connectivity index (χ1) is 11.6. The fourth-order valence-electron chi connectivity index (χ4n) is 2.85. The van der Waals surface area contributed by atoms with Gasteiger partial charge in [-0.25, -0.2) is 9.97 Å². The van der Waals surface area contributed by atoms with Crippen LogP contribution < -0.4 is 10.2 Å². The van der Waals surface area contributed by atoms with E-state index in [-0.39, 0.29) is 6.04 Å². The Labute approximate surface area is 145 Å². The summed E-state index contributed by atoms with van der Waals surface area (Å²) >= 11 is 6.04. The number of hydrogen-bond acceptors (Lipinski definition) is 5. The van der Waals surface area contributed by atoms with E-state index in [2.05, 4.69) is 15.3 Å². The zero-order valence-electron chi connectivity index (χ0n) is 13.1. The third-order valence-electron chi connectivity index (χ3n) is 4.05. The number of aromatic nitrogens is 2. The Balaban J connectivity index is 1.63. The van der Waals surface area contributed by atoms with Gasteiger partial charge >= 0.3 is 0 Å². The van der Waals surface area contributed by atoms with E-state index in [1.54, 1.807) is 42.7 Å². The van der Waals surface area contributed by atoms with E-state index < -0.39 is 12.0 Å². The van der Waals surface area contributed by atoms with E-state index in [0.29, 0.717) is 23.1 Å². The van der Waals surface area contributed by atoms with Crippen LogP contribution in [0.3, 0.4) is 0 Å². The van der Waals surface area contributed by atoms with Crippen molar-refractivity contribution in [2.24, 2.45) is 0 Å². The van der Waals surface area contributed by atoms with Gasteiger partial charge in [-0.3, -0.25) is 4.79 Å². The van der Waals surface area contributed by atoms with E-state index >= 15 is 0 Å². The van der Waals surface area contributed by atoms with Crippen molar-refractivity contribution in [2.75, 3.05) is 18.0 Å². The minimum Gasteiger partial charge on any atom is -0.378 e. The first kappa shape index (κ1) is 16.7. The lowest BCUT2D eigenvalue weighted by molar-refractivity contribution is -0.130. The quantitative estimate of drug-likeness (QED) is 0.884. The van der Waals surface area contributed by atoms with Crippen molar-refractivity contribution < 1.29 is 9.90 Å². The molecular formula is C17H19ClN4O2. The highest BCUT2D eigenvalue weighted by Crippen LogP contribution is 2.23. The van der Waals surface area contributed by atoms with Gasteiger partial charge < -0.3 is 15.3 Å². The van der Waals surface area contributed by atoms with Crippen molar-refractivity contribution in [3.8, 4) is 0 Å². The predicted molar refractivity (Wildman–Crippen MR) is 91.8 cm³/mol. The number of anilines is 1. The SMILES string of the molecule is O=C(NC1CCCN(c2ncccn2)C1)[C@H](O)c1ccccc1Cl. The number of carbonyl (C=O) groups is 1. The molecule has 1 fully saturated rings. The number of amides is 1. The number of benzene rings is 1. The molecule has 0 aliphatic carbocycles. The highest BCUT2D eigenvalue weighted by Gasteiger charge is 2.26. The van der Waals surface area contributed by atoms with Gasteiger partial charge in [-0.1, -0.05) is 29.8 Å². The molecule has 1 amide bonds. The van der Waals surface area contributed by atoms with Gasteiger partial charge in [0, 0.05) is 42.1 Å². The van der Waals surface area contributed by atoms with Gasteiger partial charge in [-0.15, -0.1) is 0 Å². The number of piperidine rings is 1. The molecule has 2 heterocycles. The number of aliphatic hydroxyl groups is 1. The highest BCUT2D eigenvalue weighted by molar-refractivity contribution is 6.31. The lowest BCUT2D eigenvalue weighted by Gasteiger charge is -2.33. The maximum atomic E-state index is 12.3. The number of aliphatic hydroxyl groups excluding tert-OH is 1. The molecule has 1 unspecified atom stereocenters. The van der Waals surface area contributed by atoms with Crippen LogP contribution in [-0.2, 0) is 4.79 Å². The fraction of sp³-hybridized carbons (Fsp3) is 0.353. The monoisotopic (exact) mass is 346 g/mol. The minimum atomic E-state index is -1.28. The van der Waals surface area contributed by atoms with Crippen molar-refractivity contribution in [3.05, 3.63) is 53.3 Å². The molecule has 0 radical (unpaired) electrons. The molecule has 1 aromatic heterocycles. The Bertz CT molecular complexity index is 698. The summed E-state index contributed by atoms with van der Waals surface area (Å²) in [6.07, 6.45) is 3.90. The van der Waals surface area contributed by atoms with E-state index in [1.807, 2.05) is 4.90 Å². The molecule has 7 heteroatoms. The second-order valence-electron chi connectivity index (χ2n) is 5.77. The Morgan fingerprint density at radius 3 is 2.79 bits per heavy atom. The second-order valence-corrected chi connectivity index (χ2v) is 6.17. The largest absolute Gasteiger partial charge is 0.378 e. The van der Waals surface area contributed by atoms with Gasteiger partial charge in [0.05, 0.1) is 0 Å². The van der Waals surface area contributed by atoms with Crippen LogP contribution in [0, 0.1) is 0 Å². The molecule has 0 spiro atoms. The molecular weight excluding hydrogens is 328 g/mol. The van der Waals surface area contributed by atoms with Crippen molar-refractivity contribution in [3.63, 3.8) is 0 Å². The summed E-state index contributed by atoms with van der Waals surface area (Å²) in [5.41, 5.74) is 0.413. The number of hydrogen-bond donors (Lipinski definition) is 2. The molecule has 24 heavy (non-hydrogen) atoms. The molecule has 6 nitrogen and oxygen atoms in total. The van der Waals surface area contributed by atoms with Crippen LogP contribution in [0.15, 0.2) is 42.7 Å². The van der Waals surface area contributed by atoms with Crippen molar-refractivity contribution in [2.45, 2.75) is 25.0 Å². The van der Waals surface area contributed by atoms with Crippen LogP contribution in [0.4, 0.5) is 5.95 Å². The fourth-order valence-corrected chi connectivity index (χ4v) is 3.09. The molecule has 1 aliphatic heterocycles. The molecule has 1 saturated heterocycles. The lowest BCUT2D eigenvalue weighted by Crippen LogP contribution is -2.49. The average Bonchev–Trinajstić information content (AvgIpc) is 2.62. The summed E-state index contributed by atoms with van der Waals surface area (Å²) in [6.45, 7) is 1.47. The lowest BCUT2D eigenvalue weighted by atomic mass is 10.0. The standard InChI is InChI=1S/C17H19ClN4O2/c18-14-7-2-1-6-13(14)15(23)16(24)21-12-5-3-10-22(11-12)17-19-8-4-9-20-17/h1-2,4,6-9,12,15,23H,3,5,10-11H2,(H,21,24)/t12?,15-/m1/s1. The summed E-state index contributed by atoms with van der Waals surface area (Å²) < 4.78 is 0. The Kier molecular flexibility index (Phi) is 5.27. The molecule has 3 rings (SSSR count). The van der Waals surface area contributed by atoms with Gasteiger partial charge in [0.2, 0.25) is 5.95 Å². The zero-order chi connectivity index (χ0) is 16.9. The average molecular weight is 347 g/mol. The summed E-state index contributed by atoms with van der Waals surface area (Å²) in [5.74, 6) is 0.215. The highest BCUT2D eigenvalue weighted by atomic mass is 35.5. The first-order valence-electron chi connectivity index (χ1n) is 7.90. The van der Waals surface area contributed by atoms with Crippen LogP contribution >= 0.6 is 11.6 Å². The first-order valence-corrected chi connectivity index (χ1v) is 8.28. The van der Waals surface area contributed by atoms with Crippen molar-refractivity contribution >= 4 is 23.5 Å². The minimum absolute atomic E-state index is 0.0628. The van der Waals surface area contributed by atoms with Crippen LogP contribution in [-0.4, -0.2) is 40.1 Å². The predicted octanol–water partition coefficient (Wildman–Crippen LogP) is 1.95. The van der Waals surface area contributed by atoms with Crippen LogP contribution in [0.1, 0.15) is 24.5 Å². The number of carbonyl (C=O) groups excluding carboxylic acids is 1. The van der Waals surface area contributed by atoms with Crippen molar-refractivity contribution in [1.29, 1.82) is 0 Å². The van der Waals surface area contributed by atoms with Crippen LogP contribution in [0.25, 0.3) is 0 Å². The molecule has 2 atom stereocenters. The van der Waals surface area contributed by atoms with E-state index in [9.17, 15) is 9.90 Å². The normalized spacial score (nSPS) is 18.9. The Morgan fingerprint density at radius 1 is 1.29 bits per heavy atom. The van der Waals surface area contributed by atoms with Crippen LogP contribution in [0.2, 0.25) is 5.02 Å². The summed E-state index contributed by atoms with van der Waals surface area (Å²) in [5, 5.41) is 13.5. The molecule has 126 valence electrons. The van der Waals surface area contributed by atoms with E-state index in [4.69, 9.17) is 11.6 Å². The van der Waals surface area contributed by atoms with Gasteiger partial charge in [0.15, 0.2) is 6.10 Å².